The first-order valence-electron chi connectivity index (χ1n) is 7.52. The second-order valence-electron chi connectivity index (χ2n) is 5.66. The average Bonchev–Trinajstić information content (AvgIpc) is 2.94. The lowest BCUT2D eigenvalue weighted by Gasteiger charge is -2.07. The van der Waals surface area contributed by atoms with Crippen molar-refractivity contribution in [1.82, 2.24) is 9.78 Å². The van der Waals surface area contributed by atoms with Crippen LogP contribution in [0.3, 0.4) is 0 Å². The predicted octanol–water partition coefficient (Wildman–Crippen LogP) is 3.96. The molecule has 1 aromatic heterocycles. The first-order valence-corrected chi connectivity index (χ1v) is 7.52. The molecule has 0 saturated carbocycles. The summed E-state index contributed by atoms with van der Waals surface area (Å²) in [5, 5.41) is 7.36. The molecule has 0 saturated heterocycles. The van der Waals surface area contributed by atoms with Gasteiger partial charge in [-0.1, -0.05) is 36.4 Å². The Labute approximate surface area is 135 Å². The molecule has 0 fully saturated rings. The molecule has 0 aliphatic rings. The van der Waals surface area contributed by atoms with Gasteiger partial charge in [-0.2, -0.15) is 5.10 Å². The maximum atomic E-state index is 12.5. The van der Waals surface area contributed by atoms with Gasteiger partial charge in [0, 0.05) is 18.3 Å². The summed E-state index contributed by atoms with van der Waals surface area (Å²) in [5.41, 5.74) is 5.46. The topological polar surface area (TPSA) is 46.9 Å². The van der Waals surface area contributed by atoms with Crippen LogP contribution in [0.2, 0.25) is 0 Å². The van der Waals surface area contributed by atoms with E-state index in [-0.39, 0.29) is 5.91 Å². The number of anilines is 1. The fourth-order valence-corrected chi connectivity index (χ4v) is 2.44. The van der Waals surface area contributed by atoms with E-state index in [1.165, 1.54) is 5.56 Å². The fraction of sp³-hybridized carbons (Fsp3) is 0.158. The van der Waals surface area contributed by atoms with Crippen LogP contribution < -0.4 is 5.32 Å². The summed E-state index contributed by atoms with van der Waals surface area (Å²) in [4.78, 5) is 12.5. The van der Waals surface area contributed by atoms with E-state index in [1.807, 2.05) is 68.4 Å². The van der Waals surface area contributed by atoms with Crippen LogP contribution in [0.5, 0.6) is 0 Å². The van der Waals surface area contributed by atoms with Crippen molar-refractivity contribution in [1.29, 1.82) is 0 Å². The van der Waals surface area contributed by atoms with Gasteiger partial charge in [0.15, 0.2) is 0 Å². The summed E-state index contributed by atoms with van der Waals surface area (Å²) in [7, 11) is 1.78. The van der Waals surface area contributed by atoms with Crippen molar-refractivity contribution < 1.29 is 4.79 Å². The number of benzene rings is 2. The molecule has 1 N–H and O–H groups in total. The van der Waals surface area contributed by atoms with Crippen molar-refractivity contribution >= 4 is 11.6 Å². The molecule has 1 heterocycles. The maximum absolute atomic E-state index is 12.5. The Hall–Kier alpha value is -2.88. The number of hydrogen-bond donors (Lipinski definition) is 1. The third kappa shape index (κ3) is 3.16. The largest absolute Gasteiger partial charge is 0.321 e. The molecule has 0 aliphatic heterocycles. The van der Waals surface area contributed by atoms with Crippen LogP contribution in [0.15, 0.2) is 54.6 Å². The van der Waals surface area contributed by atoms with E-state index in [2.05, 4.69) is 10.4 Å². The van der Waals surface area contributed by atoms with Crippen LogP contribution in [-0.4, -0.2) is 15.7 Å². The third-order valence-electron chi connectivity index (χ3n) is 3.95. The SMILES string of the molecule is Cc1ccc(NC(=O)c2cc(-c3ccccc3)nn2C)cc1C. The Morgan fingerprint density at radius 2 is 1.74 bits per heavy atom. The Morgan fingerprint density at radius 1 is 1.00 bits per heavy atom. The first kappa shape index (κ1) is 15.0. The number of hydrogen-bond acceptors (Lipinski definition) is 2. The molecule has 4 nitrogen and oxygen atoms in total. The normalized spacial score (nSPS) is 10.6. The molecule has 0 spiro atoms. The summed E-state index contributed by atoms with van der Waals surface area (Å²) in [6.45, 7) is 4.08. The smallest absolute Gasteiger partial charge is 0.273 e. The fourth-order valence-electron chi connectivity index (χ4n) is 2.44. The second-order valence-corrected chi connectivity index (χ2v) is 5.66. The van der Waals surface area contributed by atoms with Crippen molar-refractivity contribution in [3.05, 3.63) is 71.4 Å². The third-order valence-corrected chi connectivity index (χ3v) is 3.95. The molecule has 0 radical (unpaired) electrons. The van der Waals surface area contributed by atoms with Crippen LogP contribution in [0.25, 0.3) is 11.3 Å². The molecule has 3 rings (SSSR count). The highest BCUT2D eigenvalue weighted by Crippen LogP contribution is 2.20. The van der Waals surface area contributed by atoms with E-state index in [1.54, 1.807) is 11.7 Å². The van der Waals surface area contributed by atoms with Gasteiger partial charge >= 0.3 is 0 Å². The molecule has 1 amide bonds. The van der Waals surface area contributed by atoms with Gasteiger partial charge in [-0.3, -0.25) is 9.48 Å². The summed E-state index contributed by atoms with van der Waals surface area (Å²) in [5.74, 6) is -0.162. The van der Waals surface area contributed by atoms with E-state index in [4.69, 9.17) is 0 Å². The maximum Gasteiger partial charge on any atom is 0.273 e. The highest BCUT2D eigenvalue weighted by atomic mass is 16.2. The summed E-state index contributed by atoms with van der Waals surface area (Å²) >= 11 is 0. The zero-order valence-electron chi connectivity index (χ0n) is 13.5. The molecular formula is C19H19N3O. The van der Waals surface area contributed by atoms with Gasteiger partial charge in [0.05, 0.1) is 5.69 Å². The van der Waals surface area contributed by atoms with Crippen LogP contribution in [0, 0.1) is 13.8 Å². The first-order chi connectivity index (χ1) is 11.0. The quantitative estimate of drug-likeness (QED) is 0.796. The lowest BCUT2D eigenvalue weighted by Crippen LogP contribution is -2.16. The van der Waals surface area contributed by atoms with Gasteiger partial charge in [0.25, 0.3) is 5.91 Å². The van der Waals surface area contributed by atoms with Crippen LogP contribution in [-0.2, 0) is 7.05 Å². The minimum absolute atomic E-state index is 0.162. The molecule has 2 aromatic carbocycles. The Balaban J connectivity index is 1.85. The zero-order valence-corrected chi connectivity index (χ0v) is 13.5. The summed E-state index contributed by atoms with van der Waals surface area (Å²) < 4.78 is 1.61. The number of nitrogens with zero attached hydrogens (tertiary/aromatic N) is 2. The Kier molecular flexibility index (Phi) is 3.98. The molecule has 0 unspecified atom stereocenters. The number of aromatic nitrogens is 2. The molecule has 0 atom stereocenters. The standard InChI is InChI=1S/C19H19N3O/c1-13-9-10-16(11-14(13)2)20-19(23)18-12-17(21-22(18)3)15-7-5-4-6-8-15/h4-12H,1-3H3,(H,20,23). The number of amides is 1. The molecule has 23 heavy (non-hydrogen) atoms. The van der Waals surface area contributed by atoms with E-state index in [0.29, 0.717) is 5.69 Å². The highest BCUT2D eigenvalue weighted by molar-refractivity contribution is 6.03. The van der Waals surface area contributed by atoms with Gasteiger partial charge in [-0.05, 0) is 43.2 Å². The minimum atomic E-state index is -0.162. The van der Waals surface area contributed by atoms with E-state index in [9.17, 15) is 4.79 Å². The average molecular weight is 305 g/mol. The van der Waals surface area contributed by atoms with Gasteiger partial charge in [-0.15, -0.1) is 0 Å². The predicted molar refractivity (Wildman–Crippen MR) is 92.5 cm³/mol. The molecule has 116 valence electrons. The second kappa shape index (κ2) is 6.08. The van der Waals surface area contributed by atoms with Gasteiger partial charge in [0.2, 0.25) is 0 Å². The van der Waals surface area contributed by atoms with E-state index >= 15 is 0 Å². The summed E-state index contributed by atoms with van der Waals surface area (Å²) in [6.07, 6.45) is 0. The van der Waals surface area contributed by atoms with Gasteiger partial charge in [0.1, 0.15) is 5.69 Å². The van der Waals surface area contributed by atoms with Crippen LogP contribution >= 0.6 is 0 Å². The Morgan fingerprint density at radius 3 is 2.43 bits per heavy atom. The van der Waals surface area contributed by atoms with Crippen LogP contribution in [0.4, 0.5) is 5.69 Å². The number of aryl methyl sites for hydroxylation is 3. The zero-order chi connectivity index (χ0) is 16.4. The molecule has 0 aliphatic carbocycles. The molecule has 4 heteroatoms. The Bertz CT molecular complexity index is 850. The van der Waals surface area contributed by atoms with E-state index in [0.717, 1.165) is 22.5 Å². The molecule has 3 aromatic rings. The van der Waals surface area contributed by atoms with Crippen molar-refractivity contribution in [2.75, 3.05) is 5.32 Å². The minimum Gasteiger partial charge on any atom is -0.321 e. The number of nitrogens with one attached hydrogen (secondary N) is 1. The summed E-state index contributed by atoms with van der Waals surface area (Å²) in [6, 6.07) is 17.5. The molecule has 0 bridgehead atoms. The highest BCUT2D eigenvalue weighted by Gasteiger charge is 2.14. The van der Waals surface area contributed by atoms with Crippen molar-refractivity contribution in [2.24, 2.45) is 7.05 Å². The van der Waals surface area contributed by atoms with Crippen molar-refractivity contribution in [2.45, 2.75) is 13.8 Å². The monoisotopic (exact) mass is 305 g/mol. The lowest BCUT2D eigenvalue weighted by molar-refractivity contribution is 0.101. The van der Waals surface area contributed by atoms with E-state index < -0.39 is 0 Å². The number of rotatable bonds is 3. The van der Waals surface area contributed by atoms with Gasteiger partial charge in [-0.25, -0.2) is 0 Å². The van der Waals surface area contributed by atoms with Crippen molar-refractivity contribution in [3.63, 3.8) is 0 Å². The van der Waals surface area contributed by atoms with Gasteiger partial charge < -0.3 is 5.32 Å². The lowest BCUT2D eigenvalue weighted by atomic mass is 10.1. The van der Waals surface area contributed by atoms with Crippen molar-refractivity contribution in [3.8, 4) is 11.3 Å². The molecular weight excluding hydrogens is 286 g/mol. The number of carbonyl (C=O) groups excluding carboxylic acids is 1. The number of carbonyl (C=O) groups is 1. The van der Waals surface area contributed by atoms with Crippen LogP contribution in [0.1, 0.15) is 21.6 Å².